The van der Waals surface area contributed by atoms with Crippen molar-refractivity contribution in [2.24, 2.45) is 5.84 Å². The molecule has 2 heterocycles. The number of nitrogen functional groups attached to an aromatic ring is 1. The Kier molecular flexibility index (Phi) is 4.29. The maximum atomic E-state index is 11.1. The summed E-state index contributed by atoms with van der Waals surface area (Å²) in [4.78, 5) is 25.6. The predicted molar refractivity (Wildman–Crippen MR) is 69.6 cm³/mol. The van der Waals surface area contributed by atoms with Crippen molar-refractivity contribution in [1.29, 1.82) is 0 Å². The minimum atomic E-state index is -0.398. The van der Waals surface area contributed by atoms with Crippen LogP contribution in [0.25, 0.3) is 0 Å². The van der Waals surface area contributed by atoms with Crippen LogP contribution < -0.4 is 21.5 Å². The predicted octanol–water partition coefficient (Wildman–Crippen LogP) is -0.658. The van der Waals surface area contributed by atoms with Gasteiger partial charge >= 0.3 is 5.97 Å². The van der Waals surface area contributed by atoms with Crippen LogP contribution in [0.2, 0.25) is 0 Å². The Labute approximate surface area is 110 Å². The van der Waals surface area contributed by atoms with Gasteiger partial charge in [0.25, 0.3) is 0 Å². The molecule has 19 heavy (non-hydrogen) atoms. The van der Waals surface area contributed by atoms with E-state index >= 15 is 0 Å². The van der Waals surface area contributed by atoms with Crippen LogP contribution in [0.15, 0.2) is 0 Å². The monoisotopic (exact) mass is 267 g/mol. The fourth-order valence-electron chi connectivity index (χ4n) is 1.79. The maximum absolute atomic E-state index is 11.1. The number of rotatable bonds is 5. The van der Waals surface area contributed by atoms with Crippen LogP contribution in [0, 0.1) is 0 Å². The van der Waals surface area contributed by atoms with Crippen LogP contribution in [0.3, 0.4) is 0 Å². The molecule has 0 aliphatic carbocycles. The van der Waals surface area contributed by atoms with Gasteiger partial charge in [-0.25, -0.2) is 5.84 Å². The zero-order valence-corrected chi connectivity index (χ0v) is 10.7. The van der Waals surface area contributed by atoms with Gasteiger partial charge in [0.05, 0.1) is 7.11 Å². The lowest BCUT2D eigenvalue weighted by molar-refractivity contribution is -0.138. The molecule has 1 aromatic heterocycles. The van der Waals surface area contributed by atoms with Crippen LogP contribution in [0.4, 0.5) is 17.8 Å². The number of nitrogens with two attached hydrogens (primary N) is 1. The van der Waals surface area contributed by atoms with E-state index in [0.29, 0.717) is 5.95 Å². The third-order valence-corrected chi connectivity index (χ3v) is 2.76. The van der Waals surface area contributed by atoms with Crippen molar-refractivity contribution < 1.29 is 9.53 Å². The number of nitrogens with zero attached hydrogens (tertiary/aromatic N) is 4. The first-order valence-corrected chi connectivity index (χ1v) is 6.01. The molecule has 0 saturated carbocycles. The van der Waals surface area contributed by atoms with E-state index < -0.39 is 5.97 Å². The van der Waals surface area contributed by atoms with Crippen molar-refractivity contribution in [3.63, 3.8) is 0 Å². The molecule has 1 aliphatic heterocycles. The molecule has 0 atom stereocenters. The molecule has 1 aromatic rings. The summed E-state index contributed by atoms with van der Waals surface area (Å²) in [5.74, 6) is 6.02. The average molecular weight is 267 g/mol. The Morgan fingerprint density at radius 3 is 2.63 bits per heavy atom. The molecule has 1 aliphatic rings. The van der Waals surface area contributed by atoms with Crippen molar-refractivity contribution in [2.45, 2.75) is 12.8 Å². The molecule has 4 N–H and O–H groups in total. The highest BCUT2D eigenvalue weighted by molar-refractivity contribution is 5.74. The second-order valence-corrected chi connectivity index (χ2v) is 4.05. The quantitative estimate of drug-likeness (QED) is 0.363. The SMILES string of the molecule is COC(=O)CNc1nc(NN)nc(N2CCCC2)n1. The van der Waals surface area contributed by atoms with E-state index in [1.54, 1.807) is 0 Å². The lowest BCUT2D eigenvalue weighted by Gasteiger charge is -2.16. The van der Waals surface area contributed by atoms with Crippen molar-refractivity contribution in [2.75, 3.05) is 42.4 Å². The first kappa shape index (κ1) is 13.3. The van der Waals surface area contributed by atoms with Crippen molar-refractivity contribution in [3.8, 4) is 0 Å². The molecular weight excluding hydrogens is 250 g/mol. The number of carbonyl (C=O) groups is 1. The summed E-state index contributed by atoms with van der Waals surface area (Å²) < 4.78 is 4.54. The summed E-state index contributed by atoms with van der Waals surface area (Å²) in [6, 6.07) is 0. The van der Waals surface area contributed by atoms with E-state index in [1.807, 2.05) is 4.90 Å². The molecule has 0 bridgehead atoms. The minimum absolute atomic E-state index is 0.00996. The van der Waals surface area contributed by atoms with E-state index in [0.717, 1.165) is 25.9 Å². The normalized spacial score (nSPS) is 14.3. The van der Waals surface area contributed by atoms with Crippen LogP contribution in [-0.2, 0) is 9.53 Å². The summed E-state index contributed by atoms with van der Waals surface area (Å²) in [5.41, 5.74) is 2.39. The minimum Gasteiger partial charge on any atom is -0.468 e. The number of carbonyl (C=O) groups excluding carboxylic acids is 1. The molecule has 2 rings (SSSR count). The summed E-state index contributed by atoms with van der Waals surface area (Å²) >= 11 is 0. The Morgan fingerprint density at radius 1 is 1.32 bits per heavy atom. The van der Waals surface area contributed by atoms with Crippen LogP contribution in [0.5, 0.6) is 0 Å². The molecule has 104 valence electrons. The first-order valence-electron chi connectivity index (χ1n) is 6.01. The molecule has 0 spiro atoms. The van der Waals surface area contributed by atoms with Gasteiger partial charge in [0.1, 0.15) is 6.54 Å². The van der Waals surface area contributed by atoms with Crippen molar-refractivity contribution >= 4 is 23.8 Å². The standard InChI is InChI=1S/C10H17N7O2/c1-19-7(18)6-12-8-13-9(16-11)15-10(14-8)17-4-2-3-5-17/h2-6,11H2,1H3,(H2,12,13,14,15,16). The number of hydrazine groups is 1. The highest BCUT2D eigenvalue weighted by Gasteiger charge is 2.17. The van der Waals surface area contributed by atoms with Gasteiger partial charge in [-0.1, -0.05) is 0 Å². The topological polar surface area (TPSA) is 118 Å². The zero-order valence-electron chi connectivity index (χ0n) is 10.7. The highest BCUT2D eigenvalue weighted by Crippen LogP contribution is 2.18. The summed E-state index contributed by atoms with van der Waals surface area (Å²) in [5, 5.41) is 2.77. The third kappa shape index (κ3) is 3.41. The molecule has 0 aromatic carbocycles. The van der Waals surface area contributed by atoms with Gasteiger partial charge in [-0.15, -0.1) is 0 Å². The van der Waals surface area contributed by atoms with Crippen molar-refractivity contribution in [3.05, 3.63) is 0 Å². The zero-order chi connectivity index (χ0) is 13.7. The van der Waals surface area contributed by atoms with Crippen LogP contribution in [-0.4, -0.2) is 47.7 Å². The van der Waals surface area contributed by atoms with Crippen LogP contribution in [0.1, 0.15) is 12.8 Å². The Bertz CT molecular complexity index is 448. The molecule has 0 amide bonds. The number of hydrogen-bond acceptors (Lipinski definition) is 9. The third-order valence-electron chi connectivity index (χ3n) is 2.76. The second kappa shape index (κ2) is 6.14. The smallest absolute Gasteiger partial charge is 0.325 e. The molecule has 9 heteroatoms. The molecular formula is C10H17N7O2. The molecule has 0 unspecified atom stereocenters. The van der Waals surface area contributed by atoms with Gasteiger partial charge in [0.2, 0.25) is 17.8 Å². The largest absolute Gasteiger partial charge is 0.468 e. The maximum Gasteiger partial charge on any atom is 0.325 e. The first-order chi connectivity index (χ1) is 9.22. The molecule has 0 radical (unpaired) electrons. The lowest BCUT2D eigenvalue weighted by Crippen LogP contribution is -2.24. The second-order valence-electron chi connectivity index (χ2n) is 4.05. The van der Waals surface area contributed by atoms with Gasteiger partial charge in [-0.3, -0.25) is 10.2 Å². The summed E-state index contributed by atoms with van der Waals surface area (Å²) in [6.07, 6.45) is 2.23. The molecule has 1 fully saturated rings. The number of aromatic nitrogens is 3. The van der Waals surface area contributed by atoms with Crippen LogP contribution >= 0.6 is 0 Å². The Balaban J connectivity index is 2.13. The van der Waals surface area contributed by atoms with E-state index in [2.05, 4.69) is 30.4 Å². The van der Waals surface area contributed by atoms with Gasteiger partial charge < -0.3 is 15.0 Å². The fourth-order valence-corrected chi connectivity index (χ4v) is 1.79. The summed E-state index contributed by atoms with van der Waals surface area (Å²) in [7, 11) is 1.32. The van der Waals surface area contributed by atoms with E-state index in [9.17, 15) is 4.79 Å². The molecule has 1 saturated heterocycles. The number of hydrogen-bond donors (Lipinski definition) is 3. The number of esters is 1. The lowest BCUT2D eigenvalue weighted by atomic mass is 10.4. The van der Waals surface area contributed by atoms with Gasteiger partial charge in [0.15, 0.2) is 0 Å². The number of methoxy groups -OCH3 is 1. The van der Waals surface area contributed by atoms with Gasteiger partial charge in [-0.05, 0) is 12.8 Å². The summed E-state index contributed by atoms with van der Waals surface area (Å²) in [6.45, 7) is 1.80. The number of ether oxygens (including phenoxy) is 1. The van der Waals surface area contributed by atoms with E-state index in [4.69, 9.17) is 5.84 Å². The Hall–Kier alpha value is -2.16. The fraction of sp³-hybridized carbons (Fsp3) is 0.600. The highest BCUT2D eigenvalue weighted by atomic mass is 16.5. The van der Waals surface area contributed by atoms with E-state index in [-0.39, 0.29) is 18.4 Å². The van der Waals surface area contributed by atoms with Crippen molar-refractivity contribution in [1.82, 2.24) is 15.0 Å². The molecule has 9 nitrogen and oxygen atoms in total. The average Bonchev–Trinajstić information content (AvgIpc) is 2.98. The van der Waals surface area contributed by atoms with E-state index in [1.165, 1.54) is 7.11 Å². The van der Waals surface area contributed by atoms with Gasteiger partial charge in [-0.2, -0.15) is 15.0 Å². The number of nitrogens with one attached hydrogen (secondary N) is 2. The van der Waals surface area contributed by atoms with Gasteiger partial charge in [0, 0.05) is 13.1 Å². The number of anilines is 3. The Morgan fingerprint density at radius 2 is 2.00 bits per heavy atom.